The summed E-state index contributed by atoms with van der Waals surface area (Å²) in [5, 5.41) is 0. The van der Waals surface area contributed by atoms with Crippen molar-refractivity contribution in [2.75, 3.05) is 20.3 Å². The number of hydrogen-bond donors (Lipinski definition) is 0. The summed E-state index contributed by atoms with van der Waals surface area (Å²) < 4.78 is 18.1. The molecular formula is C20H35N3O5Si. The summed E-state index contributed by atoms with van der Waals surface area (Å²) in [6.07, 6.45) is 2.73. The first-order valence-corrected chi connectivity index (χ1v) is 13.8. The normalized spacial score (nSPS) is 17.5. The molecule has 0 aliphatic carbocycles. The second-order valence-electron chi connectivity index (χ2n) is 9.60. The number of esters is 1. The van der Waals surface area contributed by atoms with E-state index in [9.17, 15) is 9.59 Å². The van der Waals surface area contributed by atoms with Crippen LogP contribution in [0.4, 0.5) is 4.79 Å². The number of amides is 1. The largest absolute Gasteiger partial charge is 0.464 e. The van der Waals surface area contributed by atoms with Crippen molar-refractivity contribution in [1.29, 1.82) is 0 Å². The maximum absolute atomic E-state index is 12.7. The average Bonchev–Trinajstić information content (AvgIpc) is 3.22. The monoisotopic (exact) mass is 425 g/mol. The molecule has 1 atom stereocenters. The number of imidazole rings is 1. The van der Waals surface area contributed by atoms with E-state index in [1.807, 2.05) is 20.8 Å². The Balaban J connectivity index is 2.23. The second kappa shape index (κ2) is 9.29. The van der Waals surface area contributed by atoms with Gasteiger partial charge in [-0.25, -0.2) is 14.6 Å². The number of methoxy groups -OCH3 is 1. The molecule has 0 unspecified atom stereocenters. The molecule has 0 radical (unpaired) electrons. The molecule has 2 heterocycles. The number of carbonyl (C=O) groups excluding carboxylic acids is 2. The summed E-state index contributed by atoms with van der Waals surface area (Å²) in [6.45, 7) is 13.8. The van der Waals surface area contributed by atoms with E-state index in [0.717, 1.165) is 18.9 Å². The van der Waals surface area contributed by atoms with Gasteiger partial charge in [-0.3, -0.25) is 9.47 Å². The van der Waals surface area contributed by atoms with Crippen LogP contribution >= 0.6 is 0 Å². The van der Waals surface area contributed by atoms with Crippen LogP contribution in [0.5, 0.6) is 0 Å². The maximum atomic E-state index is 12.7. The molecule has 1 aromatic heterocycles. The number of hydrogen-bond acceptors (Lipinski definition) is 6. The van der Waals surface area contributed by atoms with E-state index in [1.54, 1.807) is 9.47 Å². The first kappa shape index (κ1) is 23.4. The van der Waals surface area contributed by atoms with E-state index >= 15 is 0 Å². The molecule has 1 saturated heterocycles. The molecule has 1 aliphatic rings. The van der Waals surface area contributed by atoms with Crippen molar-refractivity contribution in [3.8, 4) is 0 Å². The summed E-state index contributed by atoms with van der Waals surface area (Å²) in [7, 11) is 0.121. The fourth-order valence-electron chi connectivity index (χ4n) is 3.17. The number of rotatable bonds is 7. The van der Waals surface area contributed by atoms with Crippen LogP contribution in [0.2, 0.25) is 25.7 Å². The van der Waals surface area contributed by atoms with Crippen LogP contribution in [-0.4, -0.2) is 60.4 Å². The van der Waals surface area contributed by atoms with Gasteiger partial charge in [0.05, 0.1) is 19.3 Å². The summed E-state index contributed by atoms with van der Waals surface area (Å²) in [5.41, 5.74) is -0.247. The van der Waals surface area contributed by atoms with Gasteiger partial charge in [0.25, 0.3) is 0 Å². The van der Waals surface area contributed by atoms with Crippen molar-refractivity contribution in [1.82, 2.24) is 14.5 Å². The van der Waals surface area contributed by atoms with Crippen molar-refractivity contribution >= 4 is 20.1 Å². The van der Waals surface area contributed by atoms with E-state index in [4.69, 9.17) is 14.2 Å². The van der Waals surface area contributed by atoms with Crippen LogP contribution in [0.25, 0.3) is 0 Å². The van der Waals surface area contributed by atoms with Gasteiger partial charge in [-0.2, -0.15) is 0 Å². The Labute approximate surface area is 174 Å². The third kappa shape index (κ3) is 6.57. The molecule has 0 bridgehead atoms. The highest BCUT2D eigenvalue weighted by Gasteiger charge is 2.36. The van der Waals surface area contributed by atoms with Crippen molar-refractivity contribution in [2.45, 2.75) is 77.7 Å². The molecule has 1 aliphatic heterocycles. The molecule has 0 saturated carbocycles. The smallest absolute Gasteiger partial charge is 0.410 e. The van der Waals surface area contributed by atoms with Crippen LogP contribution in [0.3, 0.4) is 0 Å². The number of aromatic nitrogens is 2. The van der Waals surface area contributed by atoms with Gasteiger partial charge in [0.2, 0.25) is 0 Å². The third-order valence-electron chi connectivity index (χ3n) is 4.68. The van der Waals surface area contributed by atoms with Gasteiger partial charge in [-0.15, -0.1) is 0 Å². The molecule has 0 spiro atoms. The quantitative estimate of drug-likeness (QED) is 0.372. The molecule has 164 valence electrons. The first-order chi connectivity index (χ1) is 13.4. The highest BCUT2D eigenvalue weighted by Crippen LogP contribution is 2.33. The minimum atomic E-state index is -1.22. The fraction of sp³-hybridized carbons (Fsp3) is 0.750. The minimum Gasteiger partial charge on any atom is -0.464 e. The van der Waals surface area contributed by atoms with E-state index in [0.29, 0.717) is 24.7 Å². The van der Waals surface area contributed by atoms with Gasteiger partial charge in [-0.05, 0) is 39.7 Å². The standard InChI is InChI=1S/C20H35N3O5Si/c1-20(2,3)28-19(25)22-10-8-9-15(22)17-21-13-16(18(24)26-4)23(17)14-27-11-12-29(5,6)7/h13,15H,8-12,14H2,1-7H3/t15-/m0/s1. The number of ether oxygens (including phenoxy) is 3. The van der Waals surface area contributed by atoms with Gasteiger partial charge in [0.15, 0.2) is 0 Å². The van der Waals surface area contributed by atoms with E-state index in [2.05, 4.69) is 24.6 Å². The zero-order valence-corrected chi connectivity index (χ0v) is 19.8. The Bertz CT molecular complexity index is 721. The Morgan fingerprint density at radius 3 is 2.55 bits per heavy atom. The maximum Gasteiger partial charge on any atom is 0.410 e. The number of likely N-dealkylation sites (tertiary alicyclic amines) is 1. The third-order valence-corrected chi connectivity index (χ3v) is 6.38. The fourth-order valence-corrected chi connectivity index (χ4v) is 3.92. The average molecular weight is 426 g/mol. The van der Waals surface area contributed by atoms with Crippen LogP contribution in [-0.2, 0) is 20.9 Å². The molecule has 1 fully saturated rings. The van der Waals surface area contributed by atoms with Crippen LogP contribution in [0.15, 0.2) is 6.20 Å². The Kier molecular flexibility index (Phi) is 7.50. The summed E-state index contributed by atoms with van der Waals surface area (Å²) in [6, 6.07) is 0.766. The minimum absolute atomic E-state index is 0.197. The van der Waals surface area contributed by atoms with Crippen molar-refractivity contribution in [2.24, 2.45) is 0 Å². The predicted molar refractivity (Wildman–Crippen MR) is 113 cm³/mol. The van der Waals surface area contributed by atoms with Crippen molar-refractivity contribution < 1.29 is 23.8 Å². The molecule has 1 amide bonds. The van der Waals surface area contributed by atoms with Crippen LogP contribution in [0.1, 0.15) is 56.0 Å². The Morgan fingerprint density at radius 2 is 1.97 bits per heavy atom. The van der Waals surface area contributed by atoms with Gasteiger partial charge < -0.3 is 14.2 Å². The molecular weight excluding hydrogens is 390 g/mol. The topological polar surface area (TPSA) is 82.9 Å². The zero-order valence-electron chi connectivity index (χ0n) is 18.8. The van der Waals surface area contributed by atoms with Gasteiger partial charge in [-0.1, -0.05) is 19.6 Å². The molecule has 29 heavy (non-hydrogen) atoms. The Hall–Kier alpha value is -1.87. The molecule has 9 heteroatoms. The van der Waals surface area contributed by atoms with Gasteiger partial charge in [0.1, 0.15) is 23.9 Å². The highest BCUT2D eigenvalue weighted by atomic mass is 28.3. The zero-order chi connectivity index (χ0) is 21.8. The lowest BCUT2D eigenvalue weighted by Gasteiger charge is -2.28. The van der Waals surface area contributed by atoms with Crippen LogP contribution in [0, 0.1) is 0 Å². The summed E-state index contributed by atoms with van der Waals surface area (Å²) >= 11 is 0. The molecule has 1 aromatic rings. The van der Waals surface area contributed by atoms with Gasteiger partial charge >= 0.3 is 12.1 Å². The lowest BCUT2D eigenvalue weighted by Crippen LogP contribution is -2.37. The number of nitrogens with zero attached hydrogens (tertiary/aromatic N) is 3. The number of carbonyl (C=O) groups is 2. The van der Waals surface area contributed by atoms with E-state index in [1.165, 1.54) is 13.3 Å². The first-order valence-electron chi connectivity index (χ1n) is 10.1. The molecule has 8 nitrogen and oxygen atoms in total. The Morgan fingerprint density at radius 1 is 1.28 bits per heavy atom. The van der Waals surface area contributed by atoms with E-state index in [-0.39, 0.29) is 18.9 Å². The summed E-state index contributed by atoms with van der Waals surface area (Å²) in [5.74, 6) is 0.154. The van der Waals surface area contributed by atoms with Crippen molar-refractivity contribution in [3.05, 3.63) is 17.7 Å². The predicted octanol–water partition coefficient (Wildman–Crippen LogP) is 4.05. The lowest BCUT2D eigenvalue weighted by molar-refractivity contribution is 0.0203. The second-order valence-corrected chi connectivity index (χ2v) is 15.2. The SMILES string of the molecule is COC(=O)c1cnc([C@@H]2CCCN2C(=O)OC(C)(C)C)n1COCC[Si](C)(C)C. The van der Waals surface area contributed by atoms with Gasteiger partial charge in [0, 0.05) is 21.2 Å². The molecule has 0 N–H and O–H groups in total. The molecule has 2 rings (SSSR count). The highest BCUT2D eigenvalue weighted by molar-refractivity contribution is 6.76. The van der Waals surface area contributed by atoms with E-state index < -0.39 is 19.6 Å². The molecule has 0 aromatic carbocycles. The lowest BCUT2D eigenvalue weighted by atomic mass is 10.2. The van der Waals surface area contributed by atoms with Crippen LogP contribution < -0.4 is 0 Å². The van der Waals surface area contributed by atoms with Crippen molar-refractivity contribution in [3.63, 3.8) is 0 Å². The summed E-state index contributed by atoms with van der Waals surface area (Å²) in [4.78, 5) is 31.0.